The maximum atomic E-state index is 14.3. The molecule has 4 rings (SSSR count). The number of amides is 2. The third-order valence-corrected chi connectivity index (χ3v) is 9.43. The van der Waals surface area contributed by atoms with E-state index in [2.05, 4.69) is 21.2 Å². The maximum Gasteiger partial charge on any atom is 0.244 e. The Bertz CT molecular complexity index is 1490. The number of sulfonamides is 1. The fraction of sp³-hybridized carbons (Fsp3) is 0.394. The van der Waals surface area contributed by atoms with Crippen molar-refractivity contribution in [2.45, 2.75) is 64.1 Å². The summed E-state index contributed by atoms with van der Waals surface area (Å²) in [4.78, 5) is 29.9. The first-order chi connectivity index (χ1) is 20.5. The van der Waals surface area contributed by atoms with Crippen LogP contribution in [0.3, 0.4) is 0 Å². The summed E-state index contributed by atoms with van der Waals surface area (Å²) in [5, 5.41) is 3.22. The maximum absolute atomic E-state index is 14.3. The van der Waals surface area contributed by atoms with Gasteiger partial charge in [0.25, 0.3) is 0 Å². The first-order valence-electron chi connectivity index (χ1n) is 14.6. The molecule has 0 aliphatic heterocycles. The summed E-state index contributed by atoms with van der Waals surface area (Å²) in [7, 11) is -2.44. The third-order valence-electron chi connectivity index (χ3n) is 7.77. The monoisotopic (exact) mass is 669 g/mol. The fourth-order valence-corrected chi connectivity index (χ4v) is 6.58. The molecule has 8 nitrogen and oxygen atoms in total. The first kappa shape index (κ1) is 32.5. The van der Waals surface area contributed by atoms with Crippen molar-refractivity contribution in [3.8, 4) is 5.75 Å². The standard InChI is InChI=1S/C33H40BrN3O5S/c1-24-14-19-31(42-2)29(20-24)37(43(3,40)41)23-32(38)36(22-26-15-17-27(34)18-16-26)30(21-25-10-6-4-7-11-25)33(39)35-28-12-8-5-9-13-28/h4,6-7,10-11,14-20,28,30H,5,8-9,12-13,21-23H2,1-3H3,(H,35,39). The molecular weight excluding hydrogens is 630 g/mol. The summed E-state index contributed by atoms with van der Waals surface area (Å²) in [5.41, 5.74) is 2.81. The number of benzene rings is 3. The summed E-state index contributed by atoms with van der Waals surface area (Å²) in [6.07, 6.45) is 6.41. The van der Waals surface area contributed by atoms with Crippen LogP contribution < -0.4 is 14.4 Å². The second-order valence-corrected chi connectivity index (χ2v) is 14.0. The molecule has 3 aromatic rings. The van der Waals surface area contributed by atoms with E-state index in [1.54, 1.807) is 12.1 Å². The second-order valence-electron chi connectivity index (χ2n) is 11.1. The van der Waals surface area contributed by atoms with Gasteiger partial charge in [-0.25, -0.2) is 8.42 Å². The summed E-state index contributed by atoms with van der Waals surface area (Å²) < 4.78 is 33.7. The number of aryl methyl sites for hydroxylation is 1. The van der Waals surface area contributed by atoms with Crippen LogP contribution in [0, 0.1) is 6.92 Å². The molecule has 230 valence electrons. The zero-order valence-electron chi connectivity index (χ0n) is 25.0. The van der Waals surface area contributed by atoms with Gasteiger partial charge in [-0.3, -0.25) is 13.9 Å². The minimum atomic E-state index is -3.90. The normalized spacial score (nSPS) is 14.5. The highest BCUT2D eigenvalue weighted by molar-refractivity contribution is 9.10. The summed E-state index contributed by atoms with van der Waals surface area (Å²) in [6, 6.07) is 21.5. The van der Waals surface area contributed by atoms with E-state index in [4.69, 9.17) is 4.74 Å². The van der Waals surface area contributed by atoms with Crippen molar-refractivity contribution in [1.82, 2.24) is 10.2 Å². The lowest BCUT2D eigenvalue weighted by Gasteiger charge is -2.35. The molecule has 0 spiro atoms. The molecule has 1 atom stereocenters. The Labute approximate surface area is 263 Å². The van der Waals surface area contributed by atoms with Crippen molar-refractivity contribution in [3.05, 3.63) is 94.0 Å². The van der Waals surface area contributed by atoms with Crippen LogP contribution in [-0.4, -0.2) is 57.1 Å². The van der Waals surface area contributed by atoms with Gasteiger partial charge in [-0.05, 0) is 60.7 Å². The molecule has 0 aromatic heterocycles. The summed E-state index contributed by atoms with van der Waals surface area (Å²) in [6.45, 7) is 1.48. The van der Waals surface area contributed by atoms with Crippen LogP contribution in [0.2, 0.25) is 0 Å². The highest BCUT2D eigenvalue weighted by atomic mass is 79.9. The molecule has 1 N–H and O–H groups in total. The second kappa shape index (κ2) is 14.9. The van der Waals surface area contributed by atoms with E-state index in [0.29, 0.717) is 5.75 Å². The quantitative estimate of drug-likeness (QED) is 0.270. The van der Waals surface area contributed by atoms with Crippen LogP contribution in [0.15, 0.2) is 77.3 Å². The van der Waals surface area contributed by atoms with E-state index < -0.39 is 28.5 Å². The van der Waals surface area contributed by atoms with E-state index in [-0.39, 0.29) is 30.6 Å². The minimum absolute atomic E-state index is 0.0493. The molecule has 1 unspecified atom stereocenters. The largest absolute Gasteiger partial charge is 0.495 e. The number of carbonyl (C=O) groups excluding carboxylic acids is 2. The highest BCUT2D eigenvalue weighted by Gasteiger charge is 2.34. The van der Waals surface area contributed by atoms with Crippen LogP contribution in [0.5, 0.6) is 5.75 Å². The van der Waals surface area contributed by atoms with Crippen molar-refractivity contribution in [1.29, 1.82) is 0 Å². The summed E-state index contributed by atoms with van der Waals surface area (Å²) in [5.74, 6) is -0.393. The van der Waals surface area contributed by atoms with Crippen LogP contribution >= 0.6 is 15.9 Å². The van der Waals surface area contributed by atoms with Gasteiger partial charge >= 0.3 is 0 Å². The molecule has 1 fully saturated rings. The van der Waals surface area contributed by atoms with Gasteiger partial charge in [0.1, 0.15) is 18.3 Å². The Balaban J connectivity index is 1.75. The molecule has 1 aliphatic rings. The van der Waals surface area contributed by atoms with Gasteiger partial charge in [0.2, 0.25) is 21.8 Å². The van der Waals surface area contributed by atoms with Gasteiger partial charge in [0, 0.05) is 23.5 Å². The number of rotatable bonds is 12. The lowest BCUT2D eigenvalue weighted by atomic mass is 9.94. The van der Waals surface area contributed by atoms with E-state index in [1.807, 2.05) is 67.6 Å². The van der Waals surface area contributed by atoms with E-state index in [9.17, 15) is 18.0 Å². The molecule has 43 heavy (non-hydrogen) atoms. The molecule has 3 aromatic carbocycles. The van der Waals surface area contributed by atoms with Gasteiger partial charge in [0.05, 0.1) is 19.1 Å². The van der Waals surface area contributed by atoms with Crippen LogP contribution in [0.25, 0.3) is 0 Å². The summed E-state index contributed by atoms with van der Waals surface area (Å²) >= 11 is 3.46. The number of hydrogen-bond acceptors (Lipinski definition) is 5. The fourth-order valence-electron chi connectivity index (χ4n) is 5.47. The molecule has 10 heteroatoms. The molecular formula is C33H40BrN3O5S. The van der Waals surface area contributed by atoms with Gasteiger partial charge < -0.3 is 15.0 Å². The minimum Gasteiger partial charge on any atom is -0.495 e. The Morgan fingerprint density at radius 2 is 1.65 bits per heavy atom. The number of ether oxygens (including phenoxy) is 1. The molecule has 0 radical (unpaired) electrons. The van der Waals surface area contributed by atoms with Crippen molar-refractivity contribution in [2.24, 2.45) is 0 Å². The van der Waals surface area contributed by atoms with Gasteiger partial charge in [0.15, 0.2) is 0 Å². The predicted octanol–water partition coefficient (Wildman–Crippen LogP) is 5.62. The van der Waals surface area contributed by atoms with Gasteiger partial charge in [-0.2, -0.15) is 0 Å². The van der Waals surface area contributed by atoms with Crippen LogP contribution in [0.1, 0.15) is 48.8 Å². The zero-order valence-corrected chi connectivity index (χ0v) is 27.4. The van der Waals surface area contributed by atoms with E-state index in [1.165, 1.54) is 12.0 Å². The lowest BCUT2D eigenvalue weighted by Crippen LogP contribution is -2.55. The van der Waals surface area contributed by atoms with Gasteiger partial charge in [-0.1, -0.05) is 83.7 Å². The molecule has 2 amide bonds. The van der Waals surface area contributed by atoms with Gasteiger partial charge in [-0.15, -0.1) is 0 Å². The Kier molecular flexibility index (Phi) is 11.3. The van der Waals surface area contributed by atoms with Crippen LogP contribution in [-0.2, 0) is 32.6 Å². The number of halogens is 1. The molecule has 1 aliphatic carbocycles. The number of hydrogen-bond donors (Lipinski definition) is 1. The zero-order chi connectivity index (χ0) is 31.0. The predicted molar refractivity (Wildman–Crippen MR) is 174 cm³/mol. The molecule has 0 saturated heterocycles. The number of nitrogens with zero attached hydrogens (tertiary/aromatic N) is 2. The van der Waals surface area contributed by atoms with Crippen molar-refractivity contribution < 1.29 is 22.7 Å². The van der Waals surface area contributed by atoms with Crippen molar-refractivity contribution >= 4 is 43.5 Å². The molecule has 0 heterocycles. The lowest BCUT2D eigenvalue weighted by molar-refractivity contribution is -0.140. The van der Waals surface area contributed by atoms with E-state index >= 15 is 0 Å². The van der Waals surface area contributed by atoms with Crippen molar-refractivity contribution in [2.75, 3.05) is 24.2 Å². The molecule has 0 bridgehead atoms. The number of carbonyl (C=O) groups is 2. The Morgan fingerprint density at radius 1 is 0.977 bits per heavy atom. The Hall–Kier alpha value is -3.37. The smallest absolute Gasteiger partial charge is 0.244 e. The topological polar surface area (TPSA) is 96.0 Å². The SMILES string of the molecule is COc1ccc(C)cc1N(CC(=O)N(Cc1ccc(Br)cc1)C(Cc1ccccc1)C(=O)NC1CCCCC1)S(C)(=O)=O. The van der Waals surface area contributed by atoms with Crippen LogP contribution in [0.4, 0.5) is 5.69 Å². The molecule has 1 saturated carbocycles. The number of methoxy groups -OCH3 is 1. The average Bonchev–Trinajstić information content (AvgIpc) is 2.99. The Morgan fingerprint density at radius 3 is 2.28 bits per heavy atom. The first-order valence-corrected chi connectivity index (χ1v) is 17.2. The van der Waals surface area contributed by atoms with E-state index in [0.717, 1.165) is 63.8 Å². The highest BCUT2D eigenvalue weighted by Crippen LogP contribution is 2.31. The number of anilines is 1. The average molecular weight is 671 g/mol. The number of nitrogens with one attached hydrogen (secondary N) is 1. The van der Waals surface area contributed by atoms with Crippen molar-refractivity contribution in [3.63, 3.8) is 0 Å². The third kappa shape index (κ3) is 9.06.